The van der Waals surface area contributed by atoms with Crippen LogP contribution in [0.1, 0.15) is 32.0 Å². The SMILES string of the molecule is CCOC(=O)[C@]1(C(F)(F)F)N=C(N(CC)CC)Oc2c1c(C)nn2-c1ccccc1. The molecule has 30 heavy (non-hydrogen) atoms. The molecule has 0 saturated carbocycles. The number of nitrogens with zero attached hydrogens (tertiary/aromatic N) is 4. The molecule has 2 aromatic rings. The van der Waals surface area contributed by atoms with Gasteiger partial charge in [0.15, 0.2) is 0 Å². The van der Waals surface area contributed by atoms with Crippen molar-refractivity contribution in [2.75, 3.05) is 19.7 Å². The Morgan fingerprint density at radius 2 is 1.83 bits per heavy atom. The Kier molecular flexibility index (Phi) is 5.78. The fourth-order valence-electron chi connectivity index (χ4n) is 3.40. The summed E-state index contributed by atoms with van der Waals surface area (Å²) in [5, 5.41) is 4.25. The van der Waals surface area contributed by atoms with Crippen LogP contribution in [0.15, 0.2) is 35.3 Å². The van der Waals surface area contributed by atoms with Crippen molar-refractivity contribution in [3.63, 3.8) is 0 Å². The molecular formula is C20H23F3N4O3. The lowest BCUT2D eigenvalue weighted by molar-refractivity contribution is -0.209. The number of fused-ring (bicyclic) bond motifs is 1. The molecule has 0 amide bonds. The molecule has 2 heterocycles. The first-order valence-corrected chi connectivity index (χ1v) is 9.63. The van der Waals surface area contributed by atoms with E-state index in [1.54, 1.807) is 44.2 Å². The van der Waals surface area contributed by atoms with E-state index in [1.165, 1.54) is 23.4 Å². The third kappa shape index (κ3) is 3.29. The van der Waals surface area contributed by atoms with Crippen LogP contribution in [0.5, 0.6) is 5.88 Å². The molecule has 0 spiro atoms. The van der Waals surface area contributed by atoms with Crippen LogP contribution in [-0.2, 0) is 15.1 Å². The zero-order valence-corrected chi connectivity index (χ0v) is 17.2. The van der Waals surface area contributed by atoms with Crippen molar-refractivity contribution in [1.82, 2.24) is 14.7 Å². The summed E-state index contributed by atoms with van der Waals surface area (Å²) in [5.41, 5.74) is -3.27. The largest absolute Gasteiger partial charge is 0.464 e. The number of benzene rings is 1. The van der Waals surface area contributed by atoms with Crippen LogP contribution in [0, 0.1) is 6.92 Å². The van der Waals surface area contributed by atoms with E-state index in [-0.39, 0.29) is 24.2 Å². The third-order valence-corrected chi connectivity index (χ3v) is 4.85. The minimum Gasteiger partial charge on any atom is -0.464 e. The number of halogens is 3. The molecular weight excluding hydrogens is 401 g/mol. The molecule has 0 bridgehead atoms. The van der Waals surface area contributed by atoms with Gasteiger partial charge in [-0.15, -0.1) is 0 Å². The van der Waals surface area contributed by atoms with Crippen LogP contribution >= 0.6 is 0 Å². The van der Waals surface area contributed by atoms with Gasteiger partial charge in [0.2, 0.25) is 5.88 Å². The van der Waals surface area contributed by atoms with Gasteiger partial charge >= 0.3 is 12.1 Å². The van der Waals surface area contributed by atoms with Gasteiger partial charge in [0.1, 0.15) is 0 Å². The van der Waals surface area contributed by atoms with E-state index in [2.05, 4.69) is 10.1 Å². The van der Waals surface area contributed by atoms with Crippen LogP contribution < -0.4 is 4.74 Å². The van der Waals surface area contributed by atoms with E-state index in [9.17, 15) is 18.0 Å². The van der Waals surface area contributed by atoms with Gasteiger partial charge in [0.05, 0.1) is 23.6 Å². The number of alkyl halides is 3. The smallest absolute Gasteiger partial charge is 0.429 e. The lowest BCUT2D eigenvalue weighted by atomic mass is 9.88. The second-order valence-corrected chi connectivity index (χ2v) is 6.61. The van der Waals surface area contributed by atoms with Crippen LogP contribution in [-0.4, -0.2) is 52.5 Å². The molecule has 0 aliphatic carbocycles. The molecule has 1 aromatic carbocycles. The second kappa shape index (κ2) is 8.00. The van der Waals surface area contributed by atoms with Gasteiger partial charge in [-0.3, -0.25) is 0 Å². The average Bonchev–Trinajstić information content (AvgIpc) is 3.05. The standard InChI is InChI=1S/C20H23F3N4O3/c1-5-26(6-2)18-24-19(20(21,22)23,17(28)29-7-3)15-13(4)25-27(16(15)30-18)14-11-9-8-10-12-14/h8-12H,5-7H2,1-4H3/t19-/m1/s1. The highest BCUT2D eigenvalue weighted by Gasteiger charge is 2.68. The number of para-hydroxylation sites is 1. The Morgan fingerprint density at radius 3 is 2.37 bits per heavy atom. The number of aliphatic imine (C=N–C) groups is 1. The molecule has 1 atom stereocenters. The Morgan fingerprint density at radius 1 is 1.20 bits per heavy atom. The number of aromatic nitrogens is 2. The molecule has 10 heteroatoms. The number of carbonyl (C=O) groups is 1. The Labute approximate surface area is 172 Å². The summed E-state index contributed by atoms with van der Waals surface area (Å²) >= 11 is 0. The number of aryl methyl sites for hydroxylation is 1. The number of hydrogen-bond donors (Lipinski definition) is 0. The van der Waals surface area contributed by atoms with E-state index >= 15 is 0 Å². The lowest BCUT2D eigenvalue weighted by Gasteiger charge is -2.36. The zero-order chi connectivity index (χ0) is 22.1. The fraction of sp³-hybridized carbons (Fsp3) is 0.450. The molecule has 0 fully saturated rings. The maximum absolute atomic E-state index is 14.6. The van der Waals surface area contributed by atoms with Crippen molar-refractivity contribution in [2.45, 2.75) is 39.4 Å². The Bertz CT molecular complexity index is 952. The van der Waals surface area contributed by atoms with E-state index in [4.69, 9.17) is 9.47 Å². The molecule has 1 aromatic heterocycles. The summed E-state index contributed by atoms with van der Waals surface area (Å²) in [6.07, 6.45) is -5.08. The van der Waals surface area contributed by atoms with Gasteiger partial charge in [0, 0.05) is 13.1 Å². The normalized spacial score (nSPS) is 18.3. The molecule has 0 radical (unpaired) electrons. The van der Waals surface area contributed by atoms with Crippen LogP contribution in [0.4, 0.5) is 13.2 Å². The number of ether oxygens (including phenoxy) is 2. The van der Waals surface area contributed by atoms with Gasteiger partial charge in [-0.2, -0.15) is 18.3 Å². The predicted octanol–water partition coefficient (Wildman–Crippen LogP) is 3.59. The lowest BCUT2D eigenvalue weighted by Crippen LogP contribution is -2.53. The first-order chi connectivity index (χ1) is 14.2. The summed E-state index contributed by atoms with van der Waals surface area (Å²) < 4.78 is 55.6. The van der Waals surface area contributed by atoms with E-state index < -0.39 is 23.2 Å². The highest BCUT2D eigenvalue weighted by atomic mass is 19.4. The Hall–Kier alpha value is -3.04. The number of esters is 1. The van der Waals surface area contributed by atoms with Gasteiger partial charge < -0.3 is 14.4 Å². The van der Waals surface area contributed by atoms with Crippen LogP contribution in [0.25, 0.3) is 5.69 Å². The molecule has 0 saturated heterocycles. The van der Waals surface area contributed by atoms with E-state index in [0.29, 0.717) is 18.8 Å². The quantitative estimate of drug-likeness (QED) is 0.687. The second-order valence-electron chi connectivity index (χ2n) is 6.61. The molecule has 3 rings (SSSR count). The number of carbonyl (C=O) groups excluding carboxylic acids is 1. The highest BCUT2D eigenvalue weighted by molar-refractivity contribution is 5.92. The first kappa shape index (κ1) is 21.7. The summed E-state index contributed by atoms with van der Waals surface area (Å²) in [5.74, 6) is -1.72. The van der Waals surface area contributed by atoms with Gasteiger partial charge in [0.25, 0.3) is 11.6 Å². The number of amidine groups is 1. The maximum Gasteiger partial charge on any atom is 0.429 e. The molecule has 1 aliphatic rings. The topological polar surface area (TPSA) is 68.9 Å². The number of rotatable bonds is 5. The van der Waals surface area contributed by atoms with E-state index in [1.807, 2.05) is 0 Å². The molecule has 162 valence electrons. The minimum atomic E-state index is -5.08. The maximum atomic E-state index is 14.6. The molecule has 0 unspecified atom stereocenters. The van der Waals surface area contributed by atoms with Crippen LogP contribution in [0.2, 0.25) is 0 Å². The third-order valence-electron chi connectivity index (χ3n) is 4.85. The van der Waals surface area contributed by atoms with Gasteiger partial charge in [-0.05, 0) is 39.8 Å². The average molecular weight is 424 g/mol. The summed E-state index contributed by atoms with van der Waals surface area (Å²) in [4.78, 5) is 18.1. The Balaban J connectivity index is 2.37. The highest BCUT2D eigenvalue weighted by Crippen LogP contribution is 2.51. The van der Waals surface area contributed by atoms with E-state index in [0.717, 1.165) is 0 Å². The van der Waals surface area contributed by atoms with Crippen molar-refractivity contribution >= 4 is 12.0 Å². The van der Waals surface area contributed by atoms with Crippen LogP contribution in [0.3, 0.4) is 0 Å². The van der Waals surface area contributed by atoms with Gasteiger partial charge in [-0.25, -0.2) is 14.5 Å². The molecule has 7 nitrogen and oxygen atoms in total. The van der Waals surface area contributed by atoms with Crippen molar-refractivity contribution in [1.29, 1.82) is 0 Å². The van der Waals surface area contributed by atoms with Gasteiger partial charge in [-0.1, -0.05) is 18.2 Å². The molecule has 0 N–H and O–H groups in total. The monoisotopic (exact) mass is 424 g/mol. The predicted molar refractivity (Wildman–Crippen MR) is 104 cm³/mol. The summed E-state index contributed by atoms with van der Waals surface area (Å²) in [6.45, 7) is 6.78. The van der Waals surface area contributed by atoms with Crippen molar-refractivity contribution in [2.24, 2.45) is 4.99 Å². The molecule has 1 aliphatic heterocycles. The number of hydrogen-bond acceptors (Lipinski definition) is 6. The van der Waals surface area contributed by atoms with Crippen molar-refractivity contribution in [3.8, 4) is 11.6 Å². The fourth-order valence-corrected chi connectivity index (χ4v) is 3.40. The first-order valence-electron chi connectivity index (χ1n) is 9.63. The van der Waals surface area contributed by atoms with Crippen molar-refractivity contribution < 1.29 is 27.4 Å². The minimum absolute atomic E-state index is 0.0263. The van der Waals surface area contributed by atoms with Crippen molar-refractivity contribution in [3.05, 3.63) is 41.6 Å². The summed E-state index contributed by atoms with van der Waals surface area (Å²) in [7, 11) is 0. The summed E-state index contributed by atoms with van der Waals surface area (Å²) in [6, 6.07) is 8.27. The zero-order valence-electron chi connectivity index (χ0n) is 17.2.